The number of carboxylic acid groups (broad SMARTS) is 1. The second-order valence-electron chi connectivity index (χ2n) is 4.59. The topological polar surface area (TPSA) is 75.8 Å². The Morgan fingerprint density at radius 3 is 2.70 bits per heavy atom. The van der Waals surface area contributed by atoms with Crippen LogP contribution in [0.3, 0.4) is 0 Å². The fourth-order valence-electron chi connectivity index (χ4n) is 2.02. The molecule has 0 aromatic heterocycles. The summed E-state index contributed by atoms with van der Waals surface area (Å²) in [6, 6.07) is 5.99. The molecule has 0 spiro atoms. The lowest BCUT2D eigenvalue weighted by molar-refractivity contribution is -0.137. The van der Waals surface area contributed by atoms with E-state index in [1.165, 1.54) is 0 Å². The smallest absolute Gasteiger partial charge is 0.304 e. The second-order valence-corrected chi connectivity index (χ2v) is 4.59. The maximum absolute atomic E-state index is 10.6. The molecule has 5 heteroatoms. The SMILES string of the molecule is CCOc1cc(CN(CC)CCC(=O)O)ccc1CN. The number of ether oxygens (including phenoxy) is 1. The zero-order chi connectivity index (χ0) is 15.0. The van der Waals surface area contributed by atoms with Gasteiger partial charge in [-0.1, -0.05) is 19.1 Å². The lowest BCUT2D eigenvalue weighted by Crippen LogP contribution is -2.25. The summed E-state index contributed by atoms with van der Waals surface area (Å²) >= 11 is 0. The molecule has 0 saturated heterocycles. The third-order valence-electron chi connectivity index (χ3n) is 3.15. The highest BCUT2D eigenvalue weighted by atomic mass is 16.5. The van der Waals surface area contributed by atoms with Crippen molar-refractivity contribution in [3.63, 3.8) is 0 Å². The van der Waals surface area contributed by atoms with Gasteiger partial charge in [0.1, 0.15) is 5.75 Å². The Morgan fingerprint density at radius 2 is 2.15 bits per heavy atom. The van der Waals surface area contributed by atoms with E-state index in [9.17, 15) is 4.79 Å². The van der Waals surface area contributed by atoms with Crippen molar-refractivity contribution in [2.24, 2.45) is 5.73 Å². The average Bonchev–Trinajstić information content (AvgIpc) is 2.44. The number of hydrogen-bond acceptors (Lipinski definition) is 4. The van der Waals surface area contributed by atoms with Crippen LogP contribution in [0, 0.1) is 0 Å². The zero-order valence-electron chi connectivity index (χ0n) is 12.3. The van der Waals surface area contributed by atoms with Crippen molar-refractivity contribution in [2.75, 3.05) is 19.7 Å². The molecule has 1 aromatic carbocycles. The molecule has 0 aliphatic heterocycles. The van der Waals surface area contributed by atoms with E-state index in [0.29, 0.717) is 26.2 Å². The average molecular weight is 280 g/mol. The molecule has 3 N–H and O–H groups in total. The molecular formula is C15H24N2O3. The van der Waals surface area contributed by atoms with Gasteiger partial charge in [0.05, 0.1) is 13.0 Å². The zero-order valence-corrected chi connectivity index (χ0v) is 12.3. The molecule has 0 aliphatic rings. The fraction of sp³-hybridized carbons (Fsp3) is 0.533. The normalized spacial score (nSPS) is 10.8. The molecule has 112 valence electrons. The predicted molar refractivity (Wildman–Crippen MR) is 78.7 cm³/mol. The van der Waals surface area contributed by atoms with Gasteiger partial charge in [-0.25, -0.2) is 0 Å². The molecule has 0 radical (unpaired) electrons. The summed E-state index contributed by atoms with van der Waals surface area (Å²) in [5, 5.41) is 8.75. The van der Waals surface area contributed by atoms with Crippen molar-refractivity contribution in [3.05, 3.63) is 29.3 Å². The Kier molecular flexibility index (Phi) is 7.04. The monoisotopic (exact) mass is 280 g/mol. The van der Waals surface area contributed by atoms with Gasteiger partial charge in [0.2, 0.25) is 0 Å². The molecule has 1 aromatic rings. The Bertz CT molecular complexity index is 435. The van der Waals surface area contributed by atoms with Gasteiger partial charge >= 0.3 is 5.97 Å². The Morgan fingerprint density at radius 1 is 1.40 bits per heavy atom. The van der Waals surface area contributed by atoms with Gasteiger partial charge in [0.15, 0.2) is 0 Å². The van der Waals surface area contributed by atoms with E-state index in [0.717, 1.165) is 23.4 Å². The van der Waals surface area contributed by atoms with Crippen molar-refractivity contribution in [1.82, 2.24) is 4.90 Å². The standard InChI is InChI=1S/C15H24N2O3/c1-3-17(8-7-15(18)19)11-12-5-6-13(10-16)14(9-12)20-4-2/h5-6,9H,3-4,7-8,10-11,16H2,1-2H3,(H,18,19). The molecule has 1 rings (SSSR count). The number of aliphatic carboxylic acids is 1. The predicted octanol–water partition coefficient (Wildman–Crippen LogP) is 1.84. The fourth-order valence-corrected chi connectivity index (χ4v) is 2.02. The number of rotatable bonds is 9. The summed E-state index contributed by atoms with van der Waals surface area (Å²) < 4.78 is 5.59. The third kappa shape index (κ3) is 5.19. The number of carboxylic acids is 1. The molecule has 0 heterocycles. The summed E-state index contributed by atoms with van der Waals surface area (Å²) in [5.41, 5.74) is 7.78. The lowest BCUT2D eigenvalue weighted by atomic mass is 10.1. The van der Waals surface area contributed by atoms with Crippen molar-refractivity contribution in [2.45, 2.75) is 33.4 Å². The quantitative estimate of drug-likeness (QED) is 0.722. The molecule has 0 saturated carbocycles. The van der Waals surface area contributed by atoms with E-state index in [1.807, 2.05) is 32.0 Å². The minimum absolute atomic E-state index is 0.160. The van der Waals surface area contributed by atoms with Crippen LogP contribution < -0.4 is 10.5 Å². The highest BCUT2D eigenvalue weighted by Gasteiger charge is 2.09. The number of carbonyl (C=O) groups is 1. The van der Waals surface area contributed by atoms with Crippen LogP contribution in [0.4, 0.5) is 0 Å². The Hall–Kier alpha value is -1.59. The minimum atomic E-state index is -0.767. The number of nitrogens with two attached hydrogens (primary N) is 1. The third-order valence-corrected chi connectivity index (χ3v) is 3.15. The maximum Gasteiger partial charge on any atom is 0.304 e. The molecule has 5 nitrogen and oxygen atoms in total. The molecule has 20 heavy (non-hydrogen) atoms. The van der Waals surface area contributed by atoms with E-state index in [2.05, 4.69) is 4.90 Å². The second kappa shape index (κ2) is 8.55. The summed E-state index contributed by atoms with van der Waals surface area (Å²) in [6.45, 7) is 7.11. The molecule has 0 amide bonds. The molecule has 0 fully saturated rings. The van der Waals surface area contributed by atoms with Crippen LogP contribution in [-0.2, 0) is 17.9 Å². The Labute approximate surface area is 120 Å². The highest BCUT2D eigenvalue weighted by Crippen LogP contribution is 2.21. The molecular weight excluding hydrogens is 256 g/mol. The van der Waals surface area contributed by atoms with Crippen LogP contribution in [0.25, 0.3) is 0 Å². The molecule has 0 unspecified atom stereocenters. The maximum atomic E-state index is 10.6. The number of nitrogens with zero attached hydrogens (tertiary/aromatic N) is 1. The van der Waals surface area contributed by atoms with Crippen molar-refractivity contribution < 1.29 is 14.6 Å². The first-order chi connectivity index (χ1) is 9.60. The minimum Gasteiger partial charge on any atom is -0.494 e. The highest BCUT2D eigenvalue weighted by molar-refractivity contribution is 5.66. The summed E-state index contributed by atoms with van der Waals surface area (Å²) in [6.07, 6.45) is 0.160. The van der Waals surface area contributed by atoms with E-state index in [-0.39, 0.29) is 6.42 Å². The van der Waals surface area contributed by atoms with Crippen LogP contribution in [-0.4, -0.2) is 35.7 Å². The molecule has 0 atom stereocenters. The van der Waals surface area contributed by atoms with Gasteiger partial charge in [0.25, 0.3) is 0 Å². The van der Waals surface area contributed by atoms with E-state index in [1.54, 1.807) is 0 Å². The van der Waals surface area contributed by atoms with E-state index < -0.39 is 5.97 Å². The van der Waals surface area contributed by atoms with Crippen LogP contribution >= 0.6 is 0 Å². The van der Waals surface area contributed by atoms with Gasteiger partial charge in [0, 0.05) is 25.2 Å². The van der Waals surface area contributed by atoms with Crippen molar-refractivity contribution in [3.8, 4) is 5.75 Å². The first kappa shape index (κ1) is 16.5. The lowest BCUT2D eigenvalue weighted by Gasteiger charge is -2.20. The summed E-state index contributed by atoms with van der Waals surface area (Å²) in [5.74, 6) is 0.0544. The molecule has 0 aliphatic carbocycles. The van der Waals surface area contributed by atoms with Crippen LogP contribution in [0.15, 0.2) is 18.2 Å². The Balaban J connectivity index is 2.74. The number of hydrogen-bond donors (Lipinski definition) is 2. The van der Waals surface area contributed by atoms with Gasteiger partial charge in [-0.3, -0.25) is 9.69 Å². The summed E-state index contributed by atoms with van der Waals surface area (Å²) in [7, 11) is 0. The number of benzene rings is 1. The van der Waals surface area contributed by atoms with Crippen molar-refractivity contribution >= 4 is 5.97 Å². The van der Waals surface area contributed by atoms with Gasteiger partial charge in [-0.05, 0) is 25.1 Å². The summed E-state index contributed by atoms with van der Waals surface area (Å²) in [4.78, 5) is 12.7. The van der Waals surface area contributed by atoms with Crippen LogP contribution in [0.2, 0.25) is 0 Å². The first-order valence-electron chi connectivity index (χ1n) is 6.99. The van der Waals surface area contributed by atoms with E-state index in [4.69, 9.17) is 15.6 Å². The molecule has 0 bridgehead atoms. The van der Waals surface area contributed by atoms with E-state index >= 15 is 0 Å². The first-order valence-corrected chi connectivity index (χ1v) is 6.99. The van der Waals surface area contributed by atoms with Crippen LogP contribution in [0.1, 0.15) is 31.4 Å². The van der Waals surface area contributed by atoms with Crippen LogP contribution in [0.5, 0.6) is 5.75 Å². The van der Waals surface area contributed by atoms with Gasteiger partial charge in [-0.2, -0.15) is 0 Å². The van der Waals surface area contributed by atoms with Crippen molar-refractivity contribution in [1.29, 1.82) is 0 Å². The van der Waals surface area contributed by atoms with Gasteiger partial charge in [-0.15, -0.1) is 0 Å². The van der Waals surface area contributed by atoms with Gasteiger partial charge < -0.3 is 15.6 Å². The largest absolute Gasteiger partial charge is 0.494 e.